The molecule has 4 rings (SSSR count). The van der Waals surface area contributed by atoms with Gasteiger partial charge in [0.1, 0.15) is 0 Å². The van der Waals surface area contributed by atoms with Crippen LogP contribution in [0.15, 0.2) is 91.0 Å². The zero-order valence-electron chi connectivity index (χ0n) is 26.1. The van der Waals surface area contributed by atoms with Gasteiger partial charge in [-0.2, -0.15) is 0 Å². The lowest BCUT2D eigenvalue weighted by Gasteiger charge is -2.38. The molecule has 0 unspecified atom stereocenters. The molecule has 41 heavy (non-hydrogen) atoms. The van der Waals surface area contributed by atoms with Crippen molar-refractivity contribution in [1.82, 2.24) is 5.32 Å². The van der Waals surface area contributed by atoms with Crippen LogP contribution in [0.5, 0.6) is 0 Å². The van der Waals surface area contributed by atoms with Crippen molar-refractivity contribution in [2.75, 3.05) is 19.8 Å². The van der Waals surface area contributed by atoms with Crippen molar-refractivity contribution in [3.63, 3.8) is 0 Å². The van der Waals surface area contributed by atoms with Gasteiger partial charge in [0.15, 0.2) is 8.32 Å². The molecule has 0 aromatic heterocycles. The molecule has 1 aliphatic rings. The Bertz CT molecular complexity index is 1120. The molecule has 222 valence electrons. The maximum Gasteiger partial charge on any atom is 0.192 e. The summed E-state index contributed by atoms with van der Waals surface area (Å²) in [6.07, 6.45) is 2.08. The lowest BCUT2D eigenvalue weighted by molar-refractivity contribution is -0.0322. The van der Waals surface area contributed by atoms with Crippen LogP contribution in [0.4, 0.5) is 0 Å². The maximum atomic E-state index is 6.76. The molecule has 1 N–H and O–H groups in total. The number of nitrogens with one attached hydrogen (secondary N) is 1. The van der Waals surface area contributed by atoms with E-state index >= 15 is 0 Å². The van der Waals surface area contributed by atoms with Gasteiger partial charge < -0.3 is 19.2 Å². The van der Waals surface area contributed by atoms with Crippen LogP contribution in [0.25, 0.3) is 0 Å². The van der Waals surface area contributed by atoms with E-state index in [0.29, 0.717) is 45.0 Å². The number of benzene rings is 3. The Morgan fingerprint density at radius 2 is 1.27 bits per heavy atom. The summed E-state index contributed by atoms with van der Waals surface area (Å²) in [4.78, 5) is 0. The molecular formula is C36H51NO3Si. The third-order valence-corrected chi connectivity index (χ3v) is 13.7. The highest BCUT2D eigenvalue weighted by Gasteiger charge is 2.45. The van der Waals surface area contributed by atoms with Crippen LogP contribution in [0.2, 0.25) is 18.1 Å². The molecule has 1 aliphatic carbocycles. The molecule has 0 amide bonds. The SMILES string of the molecule is C[C@H]1CC(COCc2ccccc2)(COCc2ccccc2)C[C@H]1N[C@H](CO[Si](C)(C)C(C)(C)C)c1ccccc1. The van der Waals surface area contributed by atoms with Gasteiger partial charge >= 0.3 is 0 Å². The van der Waals surface area contributed by atoms with Gasteiger partial charge in [-0.1, -0.05) is 119 Å². The lowest BCUT2D eigenvalue weighted by atomic mass is 9.87. The molecule has 3 atom stereocenters. The largest absolute Gasteiger partial charge is 0.415 e. The first-order valence-electron chi connectivity index (χ1n) is 15.3. The molecule has 5 heteroatoms. The van der Waals surface area contributed by atoms with Crippen LogP contribution in [0.3, 0.4) is 0 Å². The third-order valence-electron chi connectivity index (χ3n) is 9.17. The summed E-state index contributed by atoms with van der Waals surface area (Å²) >= 11 is 0. The molecule has 1 fully saturated rings. The standard InChI is InChI=1S/C36H51NO3Si/c1-29-22-36(27-38-24-30-16-10-7-11-17-30,28-39-25-31-18-12-8-13-19-31)23-33(29)37-34(32-20-14-9-15-21-32)26-40-41(5,6)35(2,3)4/h7-21,29,33-34,37H,22-28H2,1-6H3/t29-,33+,34+/m0/s1. The highest BCUT2D eigenvalue weighted by atomic mass is 28.4. The molecule has 4 nitrogen and oxygen atoms in total. The van der Waals surface area contributed by atoms with Crippen LogP contribution in [-0.2, 0) is 27.1 Å². The zero-order chi connectivity index (χ0) is 29.3. The van der Waals surface area contributed by atoms with Crippen molar-refractivity contribution in [3.05, 3.63) is 108 Å². The van der Waals surface area contributed by atoms with E-state index in [0.717, 1.165) is 12.8 Å². The summed E-state index contributed by atoms with van der Waals surface area (Å²) in [6, 6.07) is 32.2. The van der Waals surface area contributed by atoms with Crippen molar-refractivity contribution in [1.29, 1.82) is 0 Å². The second-order valence-electron chi connectivity index (χ2n) is 13.7. The molecule has 3 aromatic rings. The van der Waals surface area contributed by atoms with E-state index in [1.165, 1.54) is 16.7 Å². The number of ether oxygens (including phenoxy) is 2. The summed E-state index contributed by atoms with van der Waals surface area (Å²) in [5.74, 6) is 0.495. The summed E-state index contributed by atoms with van der Waals surface area (Å²) in [6.45, 7) is 17.3. The van der Waals surface area contributed by atoms with Crippen molar-refractivity contribution >= 4 is 8.32 Å². The minimum absolute atomic E-state index is 0.0395. The van der Waals surface area contributed by atoms with E-state index in [9.17, 15) is 0 Å². The molecule has 0 spiro atoms. The summed E-state index contributed by atoms with van der Waals surface area (Å²) in [5, 5.41) is 4.24. The van der Waals surface area contributed by atoms with E-state index < -0.39 is 8.32 Å². The van der Waals surface area contributed by atoms with Crippen molar-refractivity contribution in [2.24, 2.45) is 11.3 Å². The predicted octanol–water partition coefficient (Wildman–Crippen LogP) is 8.56. The van der Waals surface area contributed by atoms with Gasteiger partial charge in [-0.3, -0.25) is 0 Å². The summed E-state index contributed by atoms with van der Waals surface area (Å²) < 4.78 is 19.6. The van der Waals surface area contributed by atoms with Gasteiger partial charge in [-0.15, -0.1) is 0 Å². The minimum Gasteiger partial charge on any atom is -0.415 e. The summed E-state index contributed by atoms with van der Waals surface area (Å²) in [5.41, 5.74) is 3.67. The second kappa shape index (κ2) is 14.3. The van der Waals surface area contributed by atoms with Crippen LogP contribution in [-0.4, -0.2) is 34.2 Å². The predicted molar refractivity (Wildman–Crippen MR) is 172 cm³/mol. The second-order valence-corrected chi connectivity index (χ2v) is 18.5. The quantitative estimate of drug-likeness (QED) is 0.196. The number of hydrogen-bond donors (Lipinski definition) is 1. The van der Waals surface area contributed by atoms with Crippen LogP contribution in [0.1, 0.15) is 63.3 Å². The first-order valence-corrected chi connectivity index (χ1v) is 18.2. The van der Waals surface area contributed by atoms with Gasteiger partial charge in [-0.05, 0) is 53.6 Å². The van der Waals surface area contributed by atoms with Crippen LogP contribution >= 0.6 is 0 Å². The van der Waals surface area contributed by atoms with Gasteiger partial charge in [0.05, 0.1) is 39.1 Å². The van der Waals surface area contributed by atoms with E-state index in [4.69, 9.17) is 13.9 Å². The number of rotatable bonds is 14. The fraction of sp³-hybridized carbons (Fsp3) is 0.500. The Balaban J connectivity index is 1.47. The minimum atomic E-state index is -1.88. The summed E-state index contributed by atoms with van der Waals surface area (Å²) in [7, 11) is -1.88. The van der Waals surface area contributed by atoms with Gasteiger partial charge in [0.25, 0.3) is 0 Å². The van der Waals surface area contributed by atoms with E-state index in [-0.39, 0.29) is 16.5 Å². The average Bonchev–Trinajstić information content (AvgIpc) is 3.26. The smallest absolute Gasteiger partial charge is 0.192 e. The fourth-order valence-electron chi connectivity index (χ4n) is 5.69. The Hall–Kier alpha value is -2.28. The third kappa shape index (κ3) is 9.10. The molecule has 3 aromatic carbocycles. The van der Waals surface area contributed by atoms with Crippen LogP contribution < -0.4 is 5.32 Å². The Morgan fingerprint density at radius 3 is 1.76 bits per heavy atom. The van der Waals surface area contributed by atoms with E-state index in [2.05, 4.69) is 137 Å². The van der Waals surface area contributed by atoms with Crippen molar-refractivity contribution in [3.8, 4) is 0 Å². The Kier molecular flexibility index (Phi) is 11.0. The molecule has 0 bridgehead atoms. The molecule has 0 saturated heterocycles. The maximum absolute atomic E-state index is 6.76. The van der Waals surface area contributed by atoms with Gasteiger partial charge in [-0.25, -0.2) is 0 Å². The first kappa shape index (κ1) is 31.6. The van der Waals surface area contributed by atoms with Crippen LogP contribution in [0, 0.1) is 11.3 Å². The average molecular weight is 574 g/mol. The number of hydrogen-bond acceptors (Lipinski definition) is 4. The lowest BCUT2D eigenvalue weighted by Crippen LogP contribution is -2.44. The molecule has 0 aliphatic heterocycles. The fourth-order valence-corrected chi connectivity index (χ4v) is 6.70. The van der Waals surface area contributed by atoms with Gasteiger partial charge in [0, 0.05) is 11.5 Å². The van der Waals surface area contributed by atoms with Crippen molar-refractivity contribution < 1.29 is 13.9 Å². The highest BCUT2D eigenvalue weighted by molar-refractivity contribution is 6.74. The van der Waals surface area contributed by atoms with Gasteiger partial charge in [0.2, 0.25) is 0 Å². The monoisotopic (exact) mass is 573 g/mol. The Morgan fingerprint density at radius 1 is 0.780 bits per heavy atom. The topological polar surface area (TPSA) is 39.7 Å². The highest BCUT2D eigenvalue weighted by Crippen LogP contribution is 2.44. The van der Waals surface area contributed by atoms with E-state index in [1.807, 2.05) is 0 Å². The first-order chi connectivity index (χ1) is 19.6. The molecule has 0 radical (unpaired) electrons. The normalized spacial score (nSPS) is 19.8. The van der Waals surface area contributed by atoms with Crippen molar-refractivity contribution in [2.45, 2.75) is 84.0 Å². The molecule has 0 heterocycles. The Labute approximate surface area is 250 Å². The van der Waals surface area contributed by atoms with E-state index in [1.54, 1.807) is 0 Å². The zero-order valence-corrected chi connectivity index (χ0v) is 27.1. The molecular weight excluding hydrogens is 522 g/mol. The molecule has 1 saturated carbocycles.